The Labute approximate surface area is 152 Å². The molecular formula is C19H23N3O4. The molecule has 3 rings (SSSR count). The zero-order chi connectivity index (χ0) is 18.4. The van der Waals surface area contributed by atoms with Crippen molar-refractivity contribution in [3.8, 4) is 5.75 Å². The van der Waals surface area contributed by atoms with Gasteiger partial charge in [0.1, 0.15) is 11.5 Å². The summed E-state index contributed by atoms with van der Waals surface area (Å²) < 4.78 is 10.3. The Morgan fingerprint density at radius 3 is 2.81 bits per heavy atom. The van der Waals surface area contributed by atoms with Gasteiger partial charge in [0.05, 0.1) is 26.0 Å². The third kappa shape index (κ3) is 4.78. The van der Waals surface area contributed by atoms with Crippen LogP contribution in [0.5, 0.6) is 5.75 Å². The zero-order valence-electron chi connectivity index (χ0n) is 14.7. The van der Waals surface area contributed by atoms with Crippen molar-refractivity contribution in [1.29, 1.82) is 0 Å². The first-order valence-corrected chi connectivity index (χ1v) is 8.61. The topological polar surface area (TPSA) is 83.8 Å². The number of likely N-dealkylation sites (tertiary alicyclic amines) is 1. The van der Waals surface area contributed by atoms with E-state index in [9.17, 15) is 9.59 Å². The van der Waals surface area contributed by atoms with Crippen molar-refractivity contribution in [2.24, 2.45) is 0 Å². The fourth-order valence-electron chi connectivity index (χ4n) is 2.96. The number of ether oxygens (including phenoxy) is 1. The van der Waals surface area contributed by atoms with Crippen LogP contribution in [-0.2, 0) is 17.8 Å². The van der Waals surface area contributed by atoms with E-state index in [1.54, 1.807) is 30.4 Å². The molecule has 0 saturated carbocycles. The Balaban J connectivity index is 1.41. The maximum Gasteiger partial charge on any atom is 0.315 e. The number of hydrogen-bond donors (Lipinski definition) is 2. The highest BCUT2D eigenvalue weighted by Crippen LogP contribution is 2.15. The second-order valence-corrected chi connectivity index (χ2v) is 6.25. The monoisotopic (exact) mass is 357 g/mol. The molecule has 2 heterocycles. The molecule has 7 heteroatoms. The van der Waals surface area contributed by atoms with Crippen LogP contribution in [0.1, 0.15) is 17.7 Å². The highest BCUT2D eigenvalue weighted by Gasteiger charge is 2.30. The maximum atomic E-state index is 12.2. The minimum Gasteiger partial charge on any atom is -0.497 e. The van der Waals surface area contributed by atoms with Gasteiger partial charge in [0, 0.05) is 19.5 Å². The van der Waals surface area contributed by atoms with Gasteiger partial charge < -0.3 is 24.7 Å². The van der Waals surface area contributed by atoms with Gasteiger partial charge in [-0.3, -0.25) is 4.79 Å². The lowest BCUT2D eigenvalue weighted by atomic mass is 10.1. The van der Waals surface area contributed by atoms with Gasteiger partial charge in [-0.15, -0.1) is 0 Å². The van der Waals surface area contributed by atoms with E-state index in [0.717, 1.165) is 17.7 Å². The van der Waals surface area contributed by atoms with Gasteiger partial charge in [0.25, 0.3) is 0 Å². The number of carbonyl (C=O) groups is 2. The normalized spacial score (nSPS) is 16.6. The van der Waals surface area contributed by atoms with Crippen LogP contribution in [0, 0.1) is 0 Å². The van der Waals surface area contributed by atoms with Crippen LogP contribution in [0.4, 0.5) is 4.79 Å². The first kappa shape index (κ1) is 17.8. The Kier molecular flexibility index (Phi) is 5.78. The molecule has 1 aromatic heterocycles. The summed E-state index contributed by atoms with van der Waals surface area (Å²) in [5, 5.41) is 5.57. The molecule has 2 N–H and O–H groups in total. The summed E-state index contributed by atoms with van der Waals surface area (Å²) >= 11 is 0. The van der Waals surface area contributed by atoms with Gasteiger partial charge in [0.2, 0.25) is 5.91 Å². The summed E-state index contributed by atoms with van der Waals surface area (Å²) in [6, 6.07) is 10.9. The molecule has 0 unspecified atom stereocenters. The standard InChI is InChI=1S/C19H23N3O4/c1-25-16-6-4-14(5-7-16)8-9-22-13-15(11-18(22)23)21-19(24)20-12-17-3-2-10-26-17/h2-7,10,15H,8-9,11-13H2,1H3,(H2,20,21,24)/t15-/m0/s1. The van der Waals surface area contributed by atoms with Gasteiger partial charge in [0.15, 0.2) is 0 Å². The number of amides is 3. The molecule has 0 aliphatic carbocycles. The maximum absolute atomic E-state index is 12.2. The number of hydrogen-bond acceptors (Lipinski definition) is 4. The molecule has 26 heavy (non-hydrogen) atoms. The summed E-state index contributed by atoms with van der Waals surface area (Å²) in [6.07, 6.45) is 2.66. The summed E-state index contributed by atoms with van der Waals surface area (Å²) in [4.78, 5) is 25.9. The minimum atomic E-state index is -0.295. The van der Waals surface area contributed by atoms with Crippen molar-refractivity contribution in [3.05, 3.63) is 54.0 Å². The van der Waals surface area contributed by atoms with Crippen molar-refractivity contribution in [2.75, 3.05) is 20.2 Å². The number of benzene rings is 1. The average molecular weight is 357 g/mol. The number of furan rings is 1. The Hall–Kier alpha value is -2.96. The van der Waals surface area contributed by atoms with E-state index < -0.39 is 0 Å². The van der Waals surface area contributed by atoms with E-state index in [4.69, 9.17) is 9.15 Å². The van der Waals surface area contributed by atoms with Gasteiger partial charge in [-0.1, -0.05) is 12.1 Å². The molecule has 7 nitrogen and oxygen atoms in total. The highest BCUT2D eigenvalue weighted by atomic mass is 16.5. The predicted molar refractivity (Wildman–Crippen MR) is 95.8 cm³/mol. The molecule has 1 fully saturated rings. The molecular weight excluding hydrogens is 334 g/mol. The summed E-state index contributed by atoms with van der Waals surface area (Å²) in [5.41, 5.74) is 1.14. The van der Waals surface area contributed by atoms with Crippen LogP contribution < -0.4 is 15.4 Å². The van der Waals surface area contributed by atoms with Crippen LogP contribution in [-0.4, -0.2) is 43.1 Å². The molecule has 1 atom stereocenters. The van der Waals surface area contributed by atoms with Crippen LogP contribution >= 0.6 is 0 Å². The number of methoxy groups -OCH3 is 1. The van der Waals surface area contributed by atoms with Gasteiger partial charge in [-0.2, -0.15) is 0 Å². The van der Waals surface area contributed by atoms with Crippen LogP contribution in [0.15, 0.2) is 47.1 Å². The summed E-state index contributed by atoms with van der Waals surface area (Å²) in [5.74, 6) is 1.56. The van der Waals surface area contributed by atoms with E-state index in [2.05, 4.69) is 10.6 Å². The number of urea groups is 1. The van der Waals surface area contributed by atoms with E-state index in [1.807, 2.05) is 24.3 Å². The van der Waals surface area contributed by atoms with E-state index >= 15 is 0 Å². The van der Waals surface area contributed by atoms with Crippen molar-refractivity contribution >= 4 is 11.9 Å². The molecule has 0 radical (unpaired) electrons. The quantitative estimate of drug-likeness (QED) is 0.793. The van der Waals surface area contributed by atoms with E-state index in [1.165, 1.54) is 0 Å². The molecule has 3 amide bonds. The second-order valence-electron chi connectivity index (χ2n) is 6.25. The lowest BCUT2D eigenvalue weighted by Gasteiger charge is -2.17. The molecule has 138 valence electrons. The molecule has 0 bridgehead atoms. The Morgan fingerprint density at radius 1 is 1.31 bits per heavy atom. The second kappa shape index (κ2) is 8.42. The first-order chi connectivity index (χ1) is 12.6. The lowest BCUT2D eigenvalue weighted by Crippen LogP contribution is -2.43. The third-order valence-corrected chi connectivity index (χ3v) is 4.38. The van der Waals surface area contributed by atoms with Gasteiger partial charge >= 0.3 is 6.03 Å². The van der Waals surface area contributed by atoms with E-state index in [-0.39, 0.29) is 18.0 Å². The largest absolute Gasteiger partial charge is 0.497 e. The van der Waals surface area contributed by atoms with Gasteiger partial charge in [-0.25, -0.2) is 4.79 Å². The van der Waals surface area contributed by atoms with Crippen molar-refractivity contribution in [2.45, 2.75) is 25.4 Å². The van der Waals surface area contributed by atoms with Crippen molar-refractivity contribution in [1.82, 2.24) is 15.5 Å². The highest BCUT2D eigenvalue weighted by molar-refractivity contribution is 5.81. The lowest BCUT2D eigenvalue weighted by molar-refractivity contribution is -0.127. The Bertz CT molecular complexity index is 728. The smallest absolute Gasteiger partial charge is 0.315 e. The van der Waals surface area contributed by atoms with Crippen LogP contribution in [0.2, 0.25) is 0 Å². The number of rotatable bonds is 7. The summed E-state index contributed by atoms with van der Waals surface area (Å²) in [6.45, 7) is 1.49. The predicted octanol–water partition coefficient (Wildman–Crippen LogP) is 1.93. The molecule has 1 aliphatic rings. The third-order valence-electron chi connectivity index (χ3n) is 4.38. The van der Waals surface area contributed by atoms with Crippen molar-refractivity contribution < 1.29 is 18.7 Å². The van der Waals surface area contributed by atoms with Crippen LogP contribution in [0.3, 0.4) is 0 Å². The average Bonchev–Trinajstić information content (AvgIpc) is 3.28. The molecule has 1 aromatic carbocycles. The van der Waals surface area contributed by atoms with E-state index in [0.29, 0.717) is 31.8 Å². The first-order valence-electron chi connectivity index (χ1n) is 8.61. The number of nitrogens with zero attached hydrogens (tertiary/aromatic N) is 1. The van der Waals surface area contributed by atoms with Crippen LogP contribution in [0.25, 0.3) is 0 Å². The fourth-order valence-corrected chi connectivity index (χ4v) is 2.96. The Morgan fingerprint density at radius 2 is 2.12 bits per heavy atom. The minimum absolute atomic E-state index is 0.0647. The fraction of sp³-hybridized carbons (Fsp3) is 0.368. The van der Waals surface area contributed by atoms with Gasteiger partial charge in [-0.05, 0) is 36.2 Å². The SMILES string of the molecule is COc1ccc(CCN2C[C@@H](NC(=O)NCc3ccco3)CC2=O)cc1. The summed E-state index contributed by atoms with van der Waals surface area (Å²) in [7, 11) is 1.63. The molecule has 1 saturated heterocycles. The molecule has 2 aromatic rings. The molecule has 0 spiro atoms. The zero-order valence-corrected chi connectivity index (χ0v) is 14.7. The molecule has 1 aliphatic heterocycles. The number of nitrogens with one attached hydrogen (secondary N) is 2. The van der Waals surface area contributed by atoms with Crippen molar-refractivity contribution in [3.63, 3.8) is 0 Å². The number of carbonyl (C=O) groups excluding carboxylic acids is 2.